The maximum atomic E-state index is 6.29. The van der Waals surface area contributed by atoms with Crippen molar-refractivity contribution in [3.63, 3.8) is 0 Å². The first-order valence-electron chi connectivity index (χ1n) is 7.94. The Morgan fingerprint density at radius 3 is 2.44 bits per heavy atom. The fourth-order valence-electron chi connectivity index (χ4n) is 2.53. The summed E-state index contributed by atoms with van der Waals surface area (Å²) in [5.41, 5.74) is 8.86. The Balaban J connectivity index is 1.79. The second-order valence-corrected chi connectivity index (χ2v) is 5.65. The molecule has 0 aliphatic rings. The zero-order valence-electron chi connectivity index (χ0n) is 14.3. The minimum atomic E-state index is 0.511. The van der Waals surface area contributed by atoms with Gasteiger partial charge in [-0.2, -0.15) is 0 Å². The zero-order chi connectivity index (χ0) is 17.6. The zero-order valence-corrected chi connectivity index (χ0v) is 14.3. The summed E-state index contributed by atoms with van der Waals surface area (Å²) in [4.78, 5) is 10.6. The van der Waals surface area contributed by atoms with Gasteiger partial charge in [0.25, 0.3) is 0 Å². The first kappa shape index (κ1) is 16.6. The fraction of sp³-hybridized carbons (Fsp3) is 0.158. The molecule has 6 heteroatoms. The number of nitrogens with two attached hydrogens (primary N) is 1. The molecule has 3 rings (SSSR count). The number of aromatic nitrogens is 2. The average molecular weight is 335 g/mol. The number of rotatable bonds is 6. The van der Waals surface area contributed by atoms with Gasteiger partial charge in [-0.05, 0) is 29.8 Å². The molecule has 25 heavy (non-hydrogen) atoms. The van der Waals surface area contributed by atoms with E-state index in [4.69, 9.17) is 10.5 Å². The molecule has 0 saturated heterocycles. The molecule has 1 aromatic heterocycles. The van der Waals surface area contributed by atoms with Crippen LogP contribution in [0.4, 0.5) is 23.0 Å². The van der Waals surface area contributed by atoms with E-state index >= 15 is 0 Å². The SMILES string of the molecule is COc1ccc(Nc2ncnc(N(C)Cc3ccccc3)c2N)cc1. The summed E-state index contributed by atoms with van der Waals surface area (Å²) in [6.45, 7) is 0.712. The van der Waals surface area contributed by atoms with Crippen molar-refractivity contribution >= 4 is 23.0 Å². The first-order valence-corrected chi connectivity index (χ1v) is 7.94. The highest BCUT2D eigenvalue weighted by Gasteiger charge is 2.12. The van der Waals surface area contributed by atoms with E-state index in [9.17, 15) is 0 Å². The minimum absolute atomic E-state index is 0.511. The lowest BCUT2D eigenvalue weighted by Crippen LogP contribution is -2.20. The fourth-order valence-corrected chi connectivity index (χ4v) is 2.53. The molecule has 1 heterocycles. The van der Waals surface area contributed by atoms with Crippen molar-refractivity contribution in [3.05, 3.63) is 66.5 Å². The molecule has 0 unspecified atom stereocenters. The van der Waals surface area contributed by atoms with Gasteiger partial charge in [0.2, 0.25) is 0 Å². The summed E-state index contributed by atoms with van der Waals surface area (Å²) in [6, 6.07) is 17.8. The van der Waals surface area contributed by atoms with Crippen LogP contribution in [0.5, 0.6) is 5.75 Å². The Morgan fingerprint density at radius 1 is 1.04 bits per heavy atom. The van der Waals surface area contributed by atoms with Crippen LogP contribution in [0.1, 0.15) is 5.56 Å². The Hall–Kier alpha value is -3.28. The molecule has 6 nitrogen and oxygen atoms in total. The first-order chi connectivity index (χ1) is 12.2. The van der Waals surface area contributed by atoms with E-state index in [1.807, 2.05) is 54.4 Å². The molecule has 0 saturated carbocycles. The topological polar surface area (TPSA) is 76.3 Å². The van der Waals surface area contributed by atoms with Crippen LogP contribution in [-0.2, 0) is 6.54 Å². The molecular formula is C19H21N5O. The van der Waals surface area contributed by atoms with E-state index in [0.29, 0.717) is 23.9 Å². The van der Waals surface area contributed by atoms with Crippen molar-refractivity contribution in [2.24, 2.45) is 0 Å². The van der Waals surface area contributed by atoms with E-state index in [1.165, 1.54) is 11.9 Å². The van der Waals surface area contributed by atoms with Gasteiger partial charge in [-0.15, -0.1) is 0 Å². The molecule has 3 aromatic rings. The summed E-state index contributed by atoms with van der Waals surface area (Å²) in [5, 5.41) is 3.22. The van der Waals surface area contributed by atoms with Crippen molar-refractivity contribution in [3.8, 4) is 5.75 Å². The molecule has 2 aromatic carbocycles. The van der Waals surface area contributed by atoms with E-state index in [2.05, 4.69) is 27.4 Å². The van der Waals surface area contributed by atoms with Crippen molar-refractivity contribution in [1.82, 2.24) is 9.97 Å². The monoisotopic (exact) mass is 335 g/mol. The lowest BCUT2D eigenvalue weighted by Gasteiger charge is -2.21. The molecule has 128 valence electrons. The largest absolute Gasteiger partial charge is 0.497 e. The van der Waals surface area contributed by atoms with Gasteiger partial charge in [0, 0.05) is 19.3 Å². The van der Waals surface area contributed by atoms with Crippen LogP contribution in [0.2, 0.25) is 0 Å². The number of anilines is 4. The van der Waals surface area contributed by atoms with E-state index in [0.717, 1.165) is 11.4 Å². The lowest BCUT2D eigenvalue weighted by molar-refractivity contribution is 0.415. The maximum absolute atomic E-state index is 6.29. The third-order valence-electron chi connectivity index (χ3n) is 3.84. The van der Waals surface area contributed by atoms with E-state index in [1.54, 1.807) is 7.11 Å². The number of ether oxygens (including phenoxy) is 1. The van der Waals surface area contributed by atoms with E-state index in [-0.39, 0.29) is 0 Å². The highest BCUT2D eigenvalue weighted by Crippen LogP contribution is 2.29. The molecule has 0 amide bonds. The summed E-state index contributed by atoms with van der Waals surface area (Å²) in [5.74, 6) is 2.06. The van der Waals surface area contributed by atoms with Crippen molar-refractivity contribution in [1.29, 1.82) is 0 Å². The maximum Gasteiger partial charge on any atom is 0.159 e. The van der Waals surface area contributed by atoms with Gasteiger partial charge in [0.05, 0.1) is 7.11 Å². The van der Waals surface area contributed by atoms with Crippen LogP contribution in [0, 0.1) is 0 Å². The van der Waals surface area contributed by atoms with Crippen LogP contribution >= 0.6 is 0 Å². The van der Waals surface area contributed by atoms with Crippen LogP contribution < -0.4 is 20.7 Å². The number of benzene rings is 2. The van der Waals surface area contributed by atoms with Gasteiger partial charge in [0.15, 0.2) is 11.6 Å². The van der Waals surface area contributed by atoms with Crippen LogP contribution in [0.25, 0.3) is 0 Å². The number of methoxy groups -OCH3 is 1. The molecule has 0 aliphatic heterocycles. The van der Waals surface area contributed by atoms with Crippen molar-refractivity contribution in [2.45, 2.75) is 6.54 Å². The number of nitrogens with zero attached hydrogens (tertiary/aromatic N) is 3. The molecule has 0 radical (unpaired) electrons. The number of hydrogen-bond donors (Lipinski definition) is 2. The Bertz CT molecular complexity index is 821. The van der Waals surface area contributed by atoms with Crippen molar-refractivity contribution in [2.75, 3.05) is 30.1 Å². The highest BCUT2D eigenvalue weighted by molar-refractivity contribution is 5.78. The van der Waals surface area contributed by atoms with Gasteiger partial charge >= 0.3 is 0 Å². The molecular weight excluding hydrogens is 314 g/mol. The summed E-state index contributed by atoms with van der Waals surface area (Å²) >= 11 is 0. The van der Waals surface area contributed by atoms with Crippen LogP contribution in [-0.4, -0.2) is 24.1 Å². The third-order valence-corrected chi connectivity index (χ3v) is 3.84. The number of nitrogen functional groups attached to an aromatic ring is 1. The minimum Gasteiger partial charge on any atom is -0.497 e. The highest BCUT2D eigenvalue weighted by atomic mass is 16.5. The standard InChI is InChI=1S/C19H21N5O/c1-24(12-14-6-4-3-5-7-14)19-17(20)18(21-13-22-19)23-15-8-10-16(25-2)11-9-15/h3-11,13H,12,20H2,1-2H3,(H,21,22,23). The summed E-state index contributed by atoms with van der Waals surface area (Å²) < 4.78 is 5.17. The van der Waals surface area contributed by atoms with Gasteiger partial charge in [-0.1, -0.05) is 30.3 Å². The lowest BCUT2D eigenvalue weighted by atomic mass is 10.2. The summed E-state index contributed by atoms with van der Waals surface area (Å²) in [7, 11) is 3.60. The Morgan fingerprint density at radius 2 is 1.76 bits per heavy atom. The second kappa shape index (κ2) is 7.53. The predicted octanol–water partition coefficient (Wildman–Crippen LogP) is 3.45. The van der Waals surface area contributed by atoms with Gasteiger partial charge in [-0.3, -0.25) is 0 Å². The smallest absolute Gasteiger partial charge is 0.159 e. The van der Waals surface area contributed by atoms with Gasteiger partial charge in [-0.25, -0.2) is 9.97 Å². The summed E-state index contributed by atoms with van der Waals surface area (Å²) in [6.07, 6.45) is 1.51. The van der Waals surface area contributed by atoms with Crippen molar-refractivity contribution < 1.29 is 4.74 Å². The molecule has 0 aliphatic carbocycles. The average Bonchev–Trinajstić information content (AvgIpc) is 2.65. The number of nitrogens with one attached hydrogen (secondary N) is 1. The predicted molar refractivity (Wildman–Crippen MR) is 101 cm³/mol. The van der Waals surface area contributed by atoms with E-state index < -0.39 is 0 Å². The van der Waals surface area contributed by atoms with Gasteiger partial charge < -0.3 is 20.7 Å². The second-order valence-electron chi connectivity index (χ2n) is 5.65. The third kappa shape index (κ3) is 3.98. The quantitative estimate of drug-likeness (QED) is 0.718. The van der Waals surface area contributed by atoms with Crippen LogP contribution in [0.15, 0.2) is 60.9 Å². The molecule has 0 spiro atoms. The van der Waals surface area contributed by atoms with Gasteiger partial charge in [0.1, 0.15) is 17.8 Å². The number of hydrogen-bond acceptors (Lipinski definition) is 6. The molecule has 0 fully saturated rings. The molecule has 0 atom stereocenters. The molecule has 3 N–H and O–H groups in total. The van der Waals surface area contributed by atoms with Crippen LogP contribution in [0.3, 0.4) is 0 Å². The molecule has 0 bridgehead atoms. The Kier molecular flexibility index (Phi) is 4.99. The Labute approximate surface area is 147 Å². The normalized spacial score (nSPS) is 10.3.